The molecule has 140 valence electrons. The number of H-pyrrole nitrogens is 1. The Hall–Kier alpha value is -2.93. The van der Waals surface area contributed by atoms with E-state index in [0.29, 0.717) is 23.7 Å². The van der Waals surface area contributed by atoms with E-state index in [1.54, 1.807) is 16.5 Å². The minimum atomic E-state index is -0.0578. The third kappa shape index (κ3) is 4.83. The molecule has 3 rings (SSSR count). The third-order valence-corrected chi connectivity index (χ3v) is 4.54. The molecule has 0 aliphatic carbocycles. The maximum Gasteiger partial charge on any atom is 0.242 e. The van der Waals surface area contributed by atoms with E-state index in [9.17, 15) is 4.79 Å². The van der Waals surface area contributed by atoms with E-state index in [1.807, 2.05) is 61.5 Å². The second-order valence-electron chi connectivity index (χ2n) is 6.28. The third-order valence-electron chi connectivity index (χ3n) is 4.23. The number of nitrogens with one attached hydrogen (secondary N) is 1. The number of likely N-dealkylation sites (N-methyl/N-ethyl adjacent to an activating group) is 1. The number of benzene rings is 2. The number of aryl methyl sites for hydroxylation is 1. The molecule has 0 radical (unpaired) electrons. The average Bonchev–Trinajstić information content (AvgIpc) is 3.03. The Morgan fingerprint density at radius 1 is 1.19 bits per heavy atom. The number of para-hydroxylation sites is 1. The molecular weight excluding hydrogens is 360 g/mol. The molecule has 0 aliphatic rings. The molecular formula is C20H22N4O2S. The minimum Gasteiger partial charge on any atom is -0.492 e. The average molecular weight is 382 g/mol. The van der Waals surface area contributed by atoms with Gasteiger partial charge >= 0.3 is 0 Å². The highest BCUT2D eigenvalue weighted by molar-refractivity contribution is 7.71. The number of carbonyl (C=O) groups is 1. The largest absolute Gasteiger partial charge is 0.492 e. The zero-order valence-corrected chi connectivity index (χ0v) is 16.2. The Bertz CT molecular complexity index is 948. The van der Waals surface area contributed by atoms with Gasteiger partial charge in [0.1, 0.15) is 18.9 Å². The molecule has 1 aromatic heterocycles. The summed E-state index contributed by atoms with van der Waals surface area (Å²) in [5, 5.41) is 7.06. The van der Waals surface area contributed by atoms with E-state index >= 15 is 0 Å². The van der Waals surface area contributed by atoms with E-state index in [0.717, 1.165) is 16.9 Å². The zero-order valence-electron chi connectivity index (χ0n) is 15.4. The van der Waals surface area contributed by atoms with Gasteiger partial charge in [0.15, 0.2) is 10.6 Å². The maximum absolute atomic E-state index is 12.6. The van der Waals surface area contributed by atoms with Crippen LogP contribution in [0.25, 0.3) is 11.4 Å². The summed E-state index contributed by atoms with van der Waals surface area (Å²) in [5.74, 6) is 1.39. The molecule has 0 unspecified atom stereocenters. The fraction of sp³-hybridized carbons (Fsp3) is 0.250. The predicted octanol–water partition coefficient (Wildman–Crippen LogP) is 3.45. The van der Waals surface area contributed by atoms with Crippen molar-refractivity contribution in [1.82, 2.24) is 19.7 Å². The first-order valence-corrected chi connectivity index (χ1v) is 9.09. The fourth-order valence-corrected chi connectivity index (χ4v) is 2.78. The molecule has 0 aliphatic heterocycles. The van der Waals surface area contributed by atoms with Gasteiger partial charge in [0.25, 0.3) is 0 Å². The van der Waals surface area contributed by atoms with Crippen LogP contribution in [0.1, 0.15) is 5.56 Å². The van der Waals surface area contributed by atoms with Crippen LogP contribution in [0.3, 0.4) is 0 Å². The summed E-state index contributed by atoms with van der Waals surface area (Å²) in [7, 11) is 1.76. The lowest BCUT2D eigenvalue weighted by atomic mass is 10.1. The predicted molar refractivity (Wildman–Crippen MR) is 107 cm³/mol. The van der Waals surface area contributed by atoms with Gasteiger partial charge < -0.3 is 9.64 Å². The first kappa shape index (κ1) is 18.8. The number of hydrogen-bond acceptors (Lipinski definition) is 4. The van der Waals surface area contributed by atoms with Crippen molar-refractivity contribution in [2.45, 2.75) is 13.5 Å². The molecule has 0 fully saturated rings. The van der Waals surface area contributed by atoms with Crippen LogP contribution < -0.4 is 4.74 Å². The van der Waals surface area contributed by atoms with Crippen molar-refractivity contribution in [3.8, 4) is 17.1 Å². The topological polar surface area (TPSA) is 63.2 Å². The second-order valence-corrected chi connectivity index (χ2v) is 6.67. The standard InChI is InChI=1S/C20H22N4O2S/c1-15-8-10-16(11-9-15)19-21-22-20(27)24(19)14-18(25)23(2)12-13-26-17-6-4-3-5-7-17/h3-11H,12-14H2,1-2H3,(H,22,27). The van der Waals surface area contributed by atoms with Crippen LogP contribution in [0.2, 0.25) is 0 Å². The van der Waals surface area contributed by atoms with Crippen molar-refractivity contribution >= 4 is 18.1 Å². The van der Waals surface area contributed by atoms with Crippen LogP contribution in [0, 0.1) is 11.7 Å². The molecule has 0 spiro atoms. The Labute approximate surface area is 163 Å². The summed E-state index contributed by atoms with van der Waals surface area (Å²) in [4.78, 5) is 14.2. The molecule has 1 amide bonds. The SMILES string of the molecule is Cc1ccc(-c2n[nH]c(=S)n2CC(=O)N(C)CCOc2ccccc2)cc1. The van der Waals surface area contributed by atoms with Gasteiger partial charge in [0.2, 0.25) is 5.91 Å². The van der Waals surface area contributed by atoms with Crippen molar-refractivity contribution in [3.63, 3.8) is 0 Å². The fourth-order valence-electron chi connectivity index (χ4n) is 2.59. The summed E-state index contributed by atoms with van der Waals surface area (Å²) >= 11 is 5.30. The first-order chi connectivity index (χ1) is 13.0. The van der Waals surface area contributed by atoms with Gasteiger partial charge in [0, 0.05) is 12.6 Å². The minimum absolute atomic E-state index is 0.0578. The van der Waals surface area contributed by atoms with E-state index in [-0.39, 0.29) is 12.5 Å². The van der Waals surface area contributed by atoms with Gasteiger partial charge in [-0.25, -0.2) is 0 Å². The molecule has 6 nitrogen and oxygen atoms in total. The van der Waals surface area contributed by atoms with Crippen LogP contribution >= 0.6 is 12.2 Å². The molecule has 7 heteroatoms. The van der Waals surface area contributed by atoms with Gasteiger partial charge in [-0.2, -0.15) is 5.10 Å². The number of amides is 1. The quantitative estimate of drug-likeness (QED) is 0.636. The lowest BCUT2D eigenvalue weighted by molar-refractivity contribution is -0.130. The Kier molecular flexibility index (Phi) is 6.03. The molecule has 3 aromatic rings. The summed E-state index contributed by atoms with van der Waals surface area (Å²) < 4.78 is 7.79. The number of aromatic amines is 1. The molecule has 0 saturated heterocycles. The van der Waals surface area contributed by atoms with E-state index in [1.165, 1.54) is 0 Å². The van der Waals surface area contributed by atoms with Gasteiger partial charge in [0.05, 0.1) is 6.54 Å². The first-order valence-electron chi connectivity index (χ1n) is 8.68. The van der Waals surface area contributed by atoms with Crippen molar-refractivity contribution in [2.75, 3.05) is 20.2 Å². The molecule has 0 bridgehead atoms. The number of hydrogen-bond donors (Lipinski definition) is 1. The molecule has 0 atom stereocenters. The zero-order chi connectivity index (χ0) is 19.2. The summed E-state index contributed by atoms with van der Waals surface area (Å²) in [6.45, 7) is 3.06. The number of nitrogens with zero attached hydrogens (tertiary/aromatic N) is 3. The van der Waals surface area contributed by atoms with Crippen molar-refractivity contribution in [2.24, 2.45) is 0 Å². The van der Waals surface area contributed by atoms with Crippen molar-refractivity contribution < 1.29 is 9.53 Å². The van der Waals surface area contributed by atoms with Gasteiger partial charge in [-0.3, -0.25) is 14.5 Å². The van der Waals surface area contributed by atoms with Crippen LogP contribution in [-0.2, 0) is 11.3 Å². The Balaban J connectivity index is 1.62. The highest BCUT2D eigenvalue weighted by atomic mass is 32.1. The molecule has 0 saturated carbocycles. The van der Waals surface area contributed by atoms with Crippen molar-refractivity contribution in [3.05, 3.63) is 64.9 Å². The number of ether oxygens (including phenoxy) is 1. The molecule has 1 heterocycles. The van der Waals surface area contributed by atoms with Gasteiger partial charge in [-0.05, 0) is 31.3 Å². The van der Waals surface area contributed by atoms with Crippen LogP contribution in [-0.4, -0.2) is 45.8 Å². The lowest BCUT2D eigenvalue weighted by Gasteiger charge is -2.18. The molecule has 2 aromatic carbocycles. The second kappa shape index (κ2) is 8.64. The number of carbonyl (C=O) groups excluding carboxylic acids is 1. The van der Waals surface area contributed by atoms with Crippen LogP contribution in [0.15, 0.2) is 54.6 Å². The molecule has 1 N–H and O–H groups in total. The Morgan fingerprint density at radius 2 is 1.89 bits per heavy atom. The van der Waals surface area contributed by atoms with Crippen LogP contribution in [0.4, 0.5) is 0 Å². The maximum atomic E-state index is 12.6. The van der Waals surface area contributed by atoms with E-state index in [2.05, 4.69) is 10.2 Å². The highest BCUT2D eigenvalue weighted by Gasteiger charge is 2.15. The monoisotopic (exact) mass is 382 g/mol. The summed E-state index contributed by atoms with van der Waals surface area (Å²) in [5.41, 5.74) is 2.07. The van der Waals surface area contributed by atoms with Gasteiger partial charge in [-0.1, -0.05) is 48.0 Å². The van der Waals surface area contributed by atoms with Crippen molar-refractivity contribution in [1.29, 1.82) is 0 Å². The summed E-state index contributed by atoms with van der Waals surface area (Å²) in [6.07, 6.45) is 0. The lowest BCUT2D eigenvalue weighted by Crippen LogP contribution is -2.33. The highest BCUT2D eigenvalue weighted by Crippen LogP contribution is 2.18. The van der Waals surface area contributed by atoms with Crippen LogP contribution in [0.5, 0.6) is 5.75 Å². The normalized spacial score (nSPS) is 10.6. The van der Waals surface area contributed by atoms with E-state index in [4.69, 9.17) is 17.0 Å². The summed E-state index contributed by atoms with van der Waals surface area (Å²) in [6, 6.07) is 17.5. The van der Waals surface area contributed by atoms with E-state index < -0.39 is 0 Å². The van der Waals surface area contributed by atoms with Gasteiger partial charge in [-0.15, -0.1) is 0 Å². The smallest absolute Gasteiger partial charge is 0.242 e. The Morgan fingerprint density at radius 3 is 2.59 bits per heavy atom. The number of aromatic nitrogens is 3. The number of rotatable bonds is 7. The molecule has 27 heavy (non-hydrogen) atoms.